The summed E-state index contributed by atoms with van der Waals surface area (Å²) in [6.45, 7) is 2.96. The molecule has 1 fully saturated rings. The molecule has 6 rings (SSSR count). The van der Waals surface area contributed by atoms with Crippen LogP contribution < -0.4 is 16.0 Å². The van der Waals surface area contributed by atoms with Gasteiger partial charge in [0.05, 0.1) is 28.3 Å². The molecule has 0 aliphatic carbocycles. The minimum atomic E-state index is -3.67. The van der Waals surface area contributed by atoms with Crippen molar-refractivity contribution < 1.29 is 27.9 Å². The first-order chi connectivity index (χ1) is 22.0. The van der Waals surface area contributed by atoms with Crippen LogP contribution in [0.5, 0.6) is 0 Å². The molecule has 46 heavy (non-hydrogen) atoms. The van der Waals surface area contributed by atoms with Crippen LogP contribution in [-0.4, -0.2) is 95.0 Å². The standard InChI is InChI=1S/C31H34N8O6S/c1-36-12-14-37(15-13-36)26-16-21(28(32)40)22(17-27(26)39-10-5-8-25(39)31(42)43)30(41)33-29-23-18-38(11-9-24(23)34-35-29)46(44,45)19-20-6-3-2-4-7-20/h2-8,10,16-17H,9,11-15,18-19H2,1H3,(H2,32,40)(H,42,43)(H2,33,34,35,41). The molecule has 0 bridgehead atoms. The first-order valence-electron chi connectivity index (χ1n) is 14.7. The van der Waals surface area contributed by atoms with Crippen LogP contribution in [0, 0.1) is 0 Å². The summed E-state index contributed by atoms with van der Waals surface area (Å²) < 4.78 is 29.4. The third-order valence-electron chi connectivity index (χ3n) is 8.41. The van der Waals surface area contributed by atoms with E-state index in [0.717, 1.165) is 13.1 Å². The fourth-order valence-electron chi connectivity index (χ4n) is 5.89. The maximum Gasteiger partial charge on any atom is 0.352 e. The fourth-order valence-corrected chi connectivity index (χ4v) is 7.38. The van der Waals surface area contributed by atoms with Crippen molar-refractivity contribution in [2.24, 2.45) is 5.73 Å². The Morgan fingerprint density at radius 1 is 0.978 bits per heavy atom. The van der Waals surface area contributed by atoms with Crippen molar-refractivity contribution in [3.8, 4) is 5.69 Å². The van der Waals surface area contributed by atoms with Crippen LogP contribution in [-0.2, 0) is 28.7 Å². The quantitative estimate of drug-likeness (QED) is 0.211. The van der Waals surface area contributed by atoms with Gasteiger partial charge in [0.2, 0.25) is 15.9 Å². The Balaban J connectivity index is 1.34. The van der Waals surface area contributed by atoms with Gasteiger partial charge in [-0.3, -0.25) is 14.7 Å². The van der Waals surface area contributed by atoms with Gasteiger partial charge in [0.25, 0.3) is 5.91 Å². The highest BCUT2D eigenvalue weighted by molar-refractivity contribution is 7.88. The summed E-state index contributed by atoms with van der Waals surface area (Å²) in [5.41, 5.74) is 8.48. The number of nitrogens with zero attached hydrogens (tertiary/aromatic N) is 5. The van der Waals surface area contributed by atoms with Gasteiger partial charge in [-0.25, -0.2) is 13.2 Å². The number of hydrogen-bond acceptors (Lipinski definition) is 8. The Hall–Kier alpha value is -4.99. The summed E-state index contributed by atoms with van der Waals surface area (Å²) >= 11 is 0. The summed E-state index contributed by atoms with van der Waals surface area (Å²) in [6.07, 6.45) is 1.95. The Morgan fingerprint density at radius 2 is 1.70 bits per heavy atom. The van der Waals surface area contributed by atoms with Crippen molar-refractivity contribution in [2.75, 3.05) is 50.0 Å². The number of hydrogen-bond donors (Lipinski definition) is 4. The van der Waals surface area contributed by atoms with Crippen molar-refractivity contribution in [3.05, 3.63) is 94.4 Å². The Morgan fingerprint density at radius 3 is 2.39 bits per heavy atom. The van der Waals surface area contributed by atoms with Crippen LogP contribution in [0.25, 0.3) is 5.69 Å². The summed E-state index contributed by atoms with van der Waals surface area (Å²) in [5, 5.41) is 19.8. The van der Waals surface area contributed by atoms with Crippen molar-refractivity contribution >= 4 is 39.3 Å². The zero-order valence-electron chi connectivity index (χ0n) is 25.1. The second kappa shape index (κ2) is 12.4. The number of aromatic amines is 1. The van der Waals surface area contributed by atoms with E-state index in [-0.39, 0.29) is 41.5 Å². The second-order valence-corrected chi connectivity index (χ2v) is 13.4. The molecule has 0 unspecified atom stereocenters. The van der Waals surface area contributed by atoms with Gasteiger partial charge >= 0.3 is 5.97 Å². The average Bonchev–Trinajstić information content (AvgIpc) is 3.69. The molecule has 2 aliphatic rings. The molecular formula is C31H34N8O6S. The molecule has 2 aromatic carbocycles. The number of aromatic carboxylic acids is 1. The lowest BCUT2D eigenvalue weighted by Gasteiger charge is -2.35. The number of piperazine rings is 1. The molecule has 1 saturated heterocycles. The number of likely N-dealkylation sites (N-methyl/N-ethyl adjacent to an activating group) is 1. The monoisotopic (exact) mass is 646 g/mol. The molecule has 2 aromatic heterocycles. The number of benzene rings is 2. The maximum atomic E-state index is 13.9. The van der Waals surface area contributed by atoms with E-state index in [1.54, 1.807) is 36.5 Å². The smallest absolute Gasteiger partial charge is 0.352 e. The summed E-state index contributed by atoms with van der Waals surface area (Å²) in [6, 6.07) is 14.9. The molecule has 15 heteroatoms. The van der Waals surface area contributed by atoms with Crippen molar-refractivity contribution in [2.45, 2.75) is 18.7 Å². The first-order valence-corrected chi connectivity index (χ1v) is 16.3. The molecule has 0 atom stereocenters. The maximum absolute atomic E-state index is 13.9. The number of carboxylic acids is 1. The lowest BCUT2D eigenvalue weighted by atomic mass is 10.0. The van der Waals surface area contributed by atoms with Gasteiger partial charge in [0, 0.05) is 63.1 Å². The number of nitrogens with one attached hydrogen (secondary N) is 2. The second-order valence-electron chi connectivity index (χ2n) is 11.4. The van der Waals surface area contributed by atoms with Gasteiger partial charge in [-0.2, -0.15) is 9.40 Å². The van der Waals surface area contributed by atoms with Gasteiger partial charge in [-0.05, 0) is 36.9 Å². The largest absolute Gasteiger partial charge is 0.477 e. The van der Waals surface area contributed by atoms with E-state index < -0.39 is 27.8 Å². The van der Waals surface area contributed by atoms with Crippen LogP contribution in [0.2, 0.25) is 0 Å². The third kappa shape index (κ3) is 6.11. The summed E-state index contributed by atoms with van der Waals surface area (Å²) in [7, 11) is -1.67. The molecule has 2 aliphatic heterocycles. The van der Waals surface area contributed by atoms with Crippen molar-refractivity contribution in [3.63, 3.8) is 0 Å². The van der Waals surface area contributed by atoms with E-state index in [2.05, 4.69) is 20.4 Å². The van der Waals surface area contributed by atoms with E-state index in [1.165, 1.54) is 27.1 Å². The van der Waals surface area contributed by atoms with Crippen LogP contribution in [0.15, 0.2) is 60.8 Å². The number of aromatic nitrogens is 3. The zero-order valence-corrected chi connectivity index (χ0v) is 26.0. The molecule has 0 radical (unpaired) electrons. The van der Waals surface area contributed by atoms with Crippen molar-refractivity contribution in [1.82, 2.24) is 24.0 Å². The Bertz CT molecular complexity index is 1910. The van der Waals surface area contributed by atoms with E-state index in [1.807, 2.05) is 18.0 Å². The SMILES string of the molecule is CN1CCN(c2cc(C(N)=O)c(C(=O)Nc3n[nH]c4c3CN(S(=O)(=O)Cc3ccccc3)CC4)cc2-n2cccc2C(=O)O)CC1. The minimum Gasteiger partial charge on any atom is -0.477 e. The minimum absolute atomic E-state index is 0.00176. The van der Waals surface area contributed by atoms with Crippen LogP contribution in [0.3, 0.4) is 0 Å². The summed E-state index contributed by atoms with van der Waals surface area (Å²) in [5.74, 6) is -2.73. The number of carbonyl (C=O) groups is 3. The molecule has 4 heterocycles. The van der Waals surface area contributed by atoms with Gasteiger partial charge in [-0.15, -0.1) is 0 Å². The van der Waals surface area contributed by atoms with Crippen LogP contribution in [0.4, 0.5) is 11.5 Å². The molecule has 240 valence electrons. The molecule has 0 saturated carbocycles. The van der Waals surface area contributed by atoms with E-state index >= 15 is 0 Å². The molecule has 2 amide bonds. The van der Waals surface area contributed by atoms with Gasteiger partial charge < -0.3 is 30.5 Å². The topological polar surface area (TPSA) is 187 Å². The first kappa shape index (κ1) is 31.0. The van der Waals surface area contributed by atoms with Crippen molar-refractivity contribution in [1.29, 1.82) is 0 Å². The fraction of sp³-hybridized carbons (Fsp3) is 0.290. The normalized spacial score (nSPS) is 15.8. The van der Waals surface area contributed by atoms with E-state index in [4.69, 9.17) is 5.73 Å². The molecule has 14 nitrogen and oxygen atoms in total. The highest BCUT2D eigenvalue weighted by atomic mass is 32.2. The number of fused-ring (bicyclic) bond motifs is 1. The number of anilines is 2. The Labute approximate surface area is 265 Å². The molecular weight excluding hydrogens is 612 g/mol. The van der Waals surface area contributed by atoms with Gasteiger partial charge in [0.15, 0.2) is 5.82 Å². The van der Waals surface area contributed by atoms with Crippen LogP contribution >= 0.6 is 0 Å². The zero-order chi connectivity index (χ0) is 32.6. The predicted octanol–water partition coefficient (Wildman–Crippen LogP) is 1.89. The number of nitrogens with two attached hydrogens (primary N) is 1. The predicted molar refractivity (Wildman–Crippen MR) is 171 cm³/mol. The summed E-state index contributed by atoms with van der Waals surface area (Å²) in [4.78, 5) is 42.9. The number of H-pyrrole nitrogens is 1. The number of sulfonamides is 1. The third-order valence-corrected chi connectivity index (χ3v) is 10.2. The number of rotatable bonds is 9. The molecule has 0 spiro atoms. The lowest BCUT2D eigenvalue weighted by Crippen LogP contribution is -2.45. The number of primary amides is 1. The van der Waals surface area contributed by atoms with E-state index in [0.29, 0.717) is 47.7 Å². The highest BCUT2D eigenvalue weighted by Crippen LogP contribution is 2.32. The molecule has 5 N–H and O–H groups in total. The lowest BCUT2D eigenvalue weighted by molar-refractivity contribution is 0.0687. The number of amides is 2. The number of carboxylic acid groups (broad SMARTS) is 1. The molecule has 4 aromatic rings. The average molecular weight is 647 g/mol. The van der Waals surface area contributed by atoms with Gasteiger partial charge in [0.1, 0.15) is 5.69 Å². The number of carbonyl (C=O) groups excluding carboxylic acids is 2. The van der Waals surface area contributed by atoms with E-state index in [9.17, 15) is 27.9 Å². The van der Waals surface area contributed by atoms with Gasteiger partial charge in [-0.1, -0.05) is 30.3 Å². The highest BCUT2D eigenvalue weighted by Gasteiger charge is 2.32. The van der Waals surface area contributed by atoms with Crippen LogP contribution in [0.1, 0.15) is 48.0 Å². The Kier molecular flexibility index (Phi) is 8.37.